The maximum absolute atomic E-state index is 14.5. The van der Waals surface area contributed by atoms with Gasteiger partial charge < -0.3 is 11.1 Å². The molecule has 0 spiro atoms. The summed E-state index contributed by atoms with van der Waals surface area (Å²) >= 11 is 1.45. The third kappa shape index (κ3) is 4.63. The van der Waals surface area contributed by atoms with Crippen LogP contribution in [0.5, 0.6) is 0 Å². The van der Waals surface area contributed by atoms with Gasteiger partial charge in [0, 0.05) is 24.1 Å². The zero-order valence-corrected chi connectivity index (χ0v) is 16.3. The number of aryl methyl sites for hydroxylation is 2. The lowest BCUT2D eigenvalue weighted by atomic mass is 9.89. The fourth-order valence-electron chi connectivity index (χ4n) is 2.57. The first-order chi connectivity index (χ1) is 12.1. The molecule has 6 nitrogen and oxygen atoms in total. The summed E-state index contributed by atoms with van der Waals surface area (Å²) in [5.74, 6) is -0.0169. The number of halogens is 1. The average molecular weight is 377 g/mol. The summed E-state index contributed by atoms with van der Waals surface area (Å²) in [5.41, 5.74) is 6.98. The molecule has 1 aliphatic rings. The Morgan fingerprint density at radius 1 is 1.54 bits per heavy atom. The minimum absolute atomic E-state index is 0.276. The number of aliphatic imine (C=N–C) groups is 1. The van der Waals surface area contributed by atoms with Crippen molar-refractivity contribution in [2.24, 2.45) is 17.8 Å². The van der Waals surface area contributed by atoms with Crippen LogP contribution in [-0.2, 0) is 7.05 Å². The van der Waals surface area contributed by atoms with Gasteiger partial charge in [0.15, 0.2) is 5.17 Å². The number of carbonyl (C=O) groups is 1. The smallest absolute Gasteiger partial charge is 0.273 e. The molecule has 1 aliphatic heterocycles. The summed E-state index contributed by atoms with van der Waals surface area (Å²) in [7, 11) is 1.69. The molecule has 2 rings (SSSR count). The van der Waals surface area contributed by atoms with Crippen LogP contribution < -0.4 is 11.1 Å². The molecule has 0 aromatic carbocycles. The van der Waals surface area contributed by atoms with Crippen molar-refractivity contribution in [2.75, 3.05) is 5.75 Å². The van der Waals surface area contributed by atoms with E-state index in [2.05, 4.69) is 22.0 Å². The number of amidine groups is 1. The fraction of sp³-hybridized carbons (Fsp3) is 0.389. The van der Waals surface area contributed by atoms with Gasteiger partial charge in [-0.2, -0.15) is 5.10 Å². The van der Waals surface area contributed by atoms with E-state index in [-0.39, 0.29) is 11.5 Å². The number of hydrogen-bond donors (Lipinski definition) is 2. The van der Waals surface area contributed by atoms with Crippen molar-refractivity contribution in [3.63, 3.8) is 0 Å². The molecule has 1 aromatic rings. The highest BCUT2D eigenvalue weighted by molar-refractivity contribution is 8.13. The molecule has 0 saturated carbocycles. The van der Waals surface area contributed by atoms with Gasteiger partial charge in [0.2, 0.25) is 0 Å². The lowest BCUT2D eigenvalue weighted by Crippen LogP contribution is -2.32. The number of hydrogen-bond acceptors (Lipinski definition) is 5. The molecule has 26 heavy (non-hydrogen) atoms. The lowest BCUT2D eigenvalue weighted by molar-refractivity contribution is 0.0956. The van der Waals surface area contributed by atoms with Crippen LogP contribution in [0.1, 0.15) is 36.5 Å². The van der Waals surface area contributed by atoms with Crippen LogP contribution >= 0.6 is 11.8 Å². The second-order valence-corrected chi connectivity index (χ2v) is 7.53. The van der Waals surface area contributed by atoms with Crippen LogP contribution in [0.3, 0.4) is 0 Å². The van der Waals surface area contributed by atoms with Crippen molar-refractivity contribution in [3.05, 3.63) is 53.3 Å². The molecule has 0 radical (unpaired) electrons. The van der Waals surface area contributed by atoms with Crippen LogP contribution in [0.2, 0.25) is 0 Å². The van der Waals surface area contributed by atoms with Gasteiger partial charge in [0.05, 0.1) is 11.2 Å². The number of nitrogens with zero attached hydrogens (tertiary/aromatic N) is 3. The van der Waals surface area contributed by atoms with Crippen LogP contribution in [0.15, 0.2) is 46.9 Å². The van der Waals surface area contributed by atoms with Crippen molar-refractivity contribution >= 4 is 22.8 Å². The molecule has 0 fully saturated rings. The highest BCUT2D eigenvalue weighted by atomic mass is 32.2. The van der Waals surface area contributed by atoms with Gasteiger partial charge in [0.1, 0.15) is 11.5 Å². The summed E-state index contributed by atoms with van der Waals surface area (Å²) < 4.78 is 16.0. The highest BCUT2D eigenvalue weighted by Crippen LogP contribution is 2.35. The highest BCUT2D eigenvalue weighted by Gasteiger charge is 2.32. The number of carbonyl (C=O) groups excluding carboxylic acids is 1. The van der Waals surface area contributed by atoms with Gasteiger partial charge in [-0.3, -0.25) is 14.5 Å². The molecule has 0 bridgehead atoms. The molecule has 1 amide bonds. The SMILES string of the molecule is C=C(/C(F)=C\C=C(/C)NC(=O)c1cc(C)nn1C)C1(C)CCSC(N)=N1. The number of nitrogens with two attached hydrogens (primary N) is 1. The molecular weight excluding hydrogens is 353 g/mol. The molecule has 1 atom stereocenters. The van der Waals surface area contributed by atoms with E-state index in [1.165, 1.54) is 28.6 Å². The Morgan fingerprint density at radius 2 is 2.23 bits per heavy atom. The Labute approximate surface area is 157 Å². The van der Waals surface area contributed by atoms with E-state index in [9.17, 15) is 9.18 Å². The molecule has 140 valence electrons. The summed E-state index contributed by atoms with van der Waals surface area (Å²) in [6.07, 6.45) is 3.44. The number of nitrogens with one attached hydrogen (secondary N) is 1. The Bertz CT molecular complexity index is 824. The van der Waals surface area contributed by atoms with E-state index in [1.807, 2.05) is 13.8 Å². The first-order valence-electron chi connectivity index (χ1n) is 8.16. The topological polar surface area (TPSA) is 85.3 Å². The van der Waals surface area contributed by atoms with Crippen molar-refractivity contribution in [2.45, 2.75) is 32.7 Å². The van der Waals surface area contributed by atoms with E-state index in [0.717, 1.165) is 11.4 Å². The minimum Gasteiger partial charge on any atom is -0.379 e. The summed E-state index contributed by atoms with van der Waals surface area (Å²) in [6.45, 7) is 9.15. The van der Waals surface area contributed by atoms with E-state index in [0.29, 0.717) is 23.0 Å². The Balaban J connectivity index is 2.08. The van der Waals surface area contributed by atoms with E-state index in [4.69, 9.17) is 5.73 Å². The molecule has 0 aliphatic carbocycles. The molecular formula is C18H24FN5OS. The Morgan fingerprint density at radius 3 is 2.81 bits per heavy atom. The Hall–Kier alpha value is -2.35. The predicted octanol–water partition coefficient (Wildman–Crippen LogP) is 2.98. The van der Waals surface area contributed by atoms with Crippen molar-refractivity contribution < 1.29 is 9.18 Å². The van der Waals surface area contributed by atoms with Crippen LogP contribution in [-0.4, -0.2) is 32.1 Å². The number of amides is 1. The number of thioether (sulfide) groups is 1. The zero-order valence-electron chi connectivity index (χ0n) is 15.5. The van der Waals surface area contributed by atoms with E-state index in [1.54, 1.807) is 20.0 Å². The van der Waals surface area contributed by atoms with E-state index < -0.39 is 11.4 Å². The van der Waals surface area contributed by atoms with Crippen LogP contribution in [0, 0.1) is 6.92 Å². The van der Waals surface area contributed by atoms with Gasteiger partial charge >= 0.3 is 0 Å². The number of aromatic nitrogens is 2. The van der Waals surface area contributed by atoms with Gasteiger partial charge in [-0.1, -0.05) is 18.3 Å². The standard InChI is InChI=1S/C18H24FN5OS/c1-11(21-16(25)15-10-12(2)23-24(15)5)6-7-14(19)13(3)18(4)8-9-26-17(20)22-18/h6-7,10H,3,8-9H2,1-2,4-5H3,(H2,20,22)(H,21,25)/b11-6+,14-7+. The first-order valence-corrected chi connectivity index (χ1v) is 9.15. The maximum atomic E-state index is 14.5. The van der Waals surface area contributed by atoms with Gasteiger partial charge in [-0.25, -0.2) is 4.39 Å². The zero-order chi connectivity index (χ0) is 19.5. The summed E-state index contributed by atoms with van der Waals surface area (Å²) in [5, 5.41) is 7.28. The van der Waals surface area contributed by atoms with Crippen LogP contribution in [0.25, 0.3) is 0 Å². The summed E-state index contributed by atoms with van der Waals surface area (Å²) in [6, 6.07) is 1.69. The van der Waals surface area contributed by atoms with Crippen molar-refractivity contribution in [1.82, 2.24) is 15.1 Å². The first kappa shape index (κ1) is 20.0. The number of rotatable bonds is 5. The third-order valence-corrected chi connectivity index (χ3v) is 4.95. The molecule has 1 aromatic heterocycles. The van der Waals surface area contributed by atoms with Crippen molar-refractivity contribution in [1.29, 1.82) is 0 Å². The minimum atomic E-state index is -0.743. The maximum Gasteiger partial charge on any atom is 0.273 e. The predicted molar refractivity (Wildman–Crippen MR) is 105 cm³/mol. The quantitative estimate of drug-likeness (QED) is 0.773. The molecule has 1 unspecified atom stereocenters. The molecule has 2 heterocycles. The monoisotopic (exact) mass is 377 g/mol. The second-order valence-electron chi connectivity index (χ2n) is 6.41. The molecule has 3 N–H and O–H groups in total. The number of allylic oxidation sites excluding steroid dienone is 3. The third-order valence-electron chi connectivity index (χ3n) is 4.16. The molecule has 8 heteroatoms. The Kier molecular flexibility index (Phi) is 6.07. The van der Waals surface area contributed by atoms with Gasteiger partial charge in [0.25, 0.3) is 5.91 Å². The normalized spacial score (nSPS) is 21.3. The van der Waals surface area contributed by atoms with Gasteiger partial charge in [-0.05, 0) is 45.4 Å². The van der Waals surface area contributed by atoms with Gasteiger partial charge in [-0.15, -0.1) is 0 Å². The lowest BCUT2D eigenvalue weighted by Gasteiger charge is -2.30. The second kappa shape index (κ2) is 7.90. The fourth-order valence-corrected chi connectivity index (χ4v) is 3.54. The van der Waals surface area contributed by atoms with Crippen molar-refractivity contribution in [3.8, 4) is 0 Å². The molecule has 0 saturated heterocycles. The summed E-state index contributed by atoms with van der Waals surface area (Å²) in [4.78, 5) is 16.6. The van der Waals surface area contributed by atoms with Crippen LogP contribution in [0.4, 0.5) is 4.39 Å². The largest absolute Gasteiger partial charge is 0.379 e. The van der Waals surface area contributed by atoms with E-state index >= 15 is 0 Å². The average Bonchev–Trinajstić information content (AvgIpc) is 2.90.